The number of aryl methyl sites for hydroxylation is 1. The third-order valence-electron chi connectivity index (χ3n) is 3.26. The summed E-state index contributed by atoms with van der Waals surface area (Å²) >= 11 is 3.58. The van der Waals surface area contributed by atoms with Gasteiger partial charge in [0, 0.05) is 21.8 Å². The average molecular weight is 457 g/mol. The Labute approximate surface area is 155 Å². The molecule has 0 radical (unpaired) electrons. The highest BCUT2D eigenvalue weighted by Gasteiger charge is 2.17. The Kier molecular flexibility index (Phi) is 5.14. The van der Waals surface area contributed by atoms with Gasteiger partial charge in [-0.1, -0.05) is 11.8 Å². The van der Waals surface area contributed by atoms with Crippen LogP contribution < -0.4 is 0 Å². The number of nitro groups is 1. The second-order valence-corrected chi connectivity index (χ2v) is 7.09. The molecule has 0 unspecified atom stereocenters. The van der Waals surface area contributed by atoms with Gasteiger partial charge in [0.05, 0.1) is 0 Å². The first-order chi connectivity index (χ1) is 11.5. The first-order valence-corrected chi connectivity index (χ1v) is 9.00. The van der Waals surface area contributed by atoms with Crippen molar-refractivity contribution >= 4 is 40.2 Å². The number of benzene rings is 1. The van der Waals surface area contributed by atoms with Gasteiger partial charge in [-0.15, -0.1) is 10.2 Å². The Morgan fingerprint density at radius 2 is 2.08 bits per heavy atom. The minimum absolute atomic E-state index is 0.0155. The van der Waals surface area contributed by atoms with Gasteiger partial charge in [-0.05, 0) is 51.8 Å². The molecule has 0 amide bonds. The SMILES string of the molecule is Cc1ncc([N+](=O)[O-])n1CCSc1nnc(-c2ccc(I)cc2)o1. The molecule has 0 saturated carbocycles. The van der Waals surface area contributed by atoms with Crippen molar-refractivity contribution in [2.75, 3.05) is 5.75 Å². The molecule has 2 heterocycles. The first kappa shape index (κ1) is 16.9. The number of rotatable bonds is 6. The van der Waals surface area contributed by atoms with Crippen LogP contribution in [0.25, 0.3) is 11.5 Å². The highest BCUT2D eigenvalue weighted by molar-refractivity contribution is 14.1. The molecule has 2 aromatic heterocycles. The summed E-state index contributed by atoms with van der Waals surface area (Å²) < 4.78 is 8.30. The van der Waals surface area contributed by atoms with E-state index >= 15 is 0 Å². The Balaban J connectivity index is 1.63. The molecule has 0 bridgehead atoms. The van der Waals surface area contributed by atoms with Crippen LogP contribution in [-0.4, -0.2) is 30.4 Å². The zero-order chi connectivity index (χ0) is 17.1. The Hall–Kier alpha value is -1.95. The molecule has 0 aliphatic heterocycles. The molecular weight excluding hydrogens is 445 g/mol. The molecule has 8 nitrogen and oxygen atoms in total. The lowest BCUT2D eigenvalue weighted by Gasteiger charge is -2.01. The van der Waals surface area contributed by atoms with Crippen molar-refractivity contribution in [2.24, 2.45) is 0 Å². The third-order valence-corrected chi connectivity index (χ3v) is 4.78. The second kappa shape index (κ2) is 7.30. The summed E-state index contributed by atoms with van der Waals surface area (Å²) in [5.74, 6) is 1.61. The number of aromatic nitrogens is 4. The van der Waals surface area contributed by atoms with E-state index in [-0.39, 0.29) is 5.82 Å². The molecule has 1 aromatic carbocycles. The van der Waals surface area contributed by atoms with E-state index in [1.165, 1.54) is 18.0 Å². The number of thioether (sulfide) groups is 1. The lowest BCUT2D eigenvalue weighted by atomic mass is 10.2. The van der Waals surface area contributed by atoms with Crippen LogP contribution in [0.15, 0.2) is 40.1 Å². The maximum Gasteiger partial charge on any atom is 0.342 e. The van der Waals surface area contributed by atoms with Crippen molar-refractivity contribution < 1.29 is 9.34 Å². The summed E-state index contributed by atoms with van der Waals surface area (Å²) in [6, 6.07) is 7.77. The van der Waals surface area contributed by atoms with Gasteiger partial charge in [0.1, 0.15) is 12.7 Å². The number of nitrogens with zero attached hydrogens (tertiary/aromatic N) is 5. The normalized spacial score (nSPS) is 10.9. The lowest BCUT2D eigenvalue weighted by Crippen LogP contribution is -2.06. The molecule has 0 spiro atoms. The van der Waals surface area contributed by atoms with Crippen molar-refractivity contribution in [3.63, 3.8) is 0 Å². The van der Waals surface area contributed by atoms with Crippen LogP contribution >= 0.6 is 34.4 Å². The minimum Gasteiger partial charge on any atom is -0.411 e. The van der Waals surface area contributed by atoms with Gasteiger partial charge >= 0.3 is 5.82 Å². The van der Waals surface area contributed by atoms with Crippen molar-refractivity contribution in [1.82, 2.24) is 19.7 Å². The smallest absolute Gasteiger partial charge is 0.342 e. The standard InChI is InChI=1S/C14H12IN5O3S/c1-9-16-8-12(20(21)22)19(9)6-7-24-14-18-17-13(23-14)10-2-4-11(15)5-3-10/h2-5,8H,6-7H2,1H3. The molecule has 0 saturated heterocycles. The van der Waals surface area contributed by atoms with Crippen molar-refractivity contribution in [3.05, 3.63) is 50.0 Å². The van der Waals surface area contributed by atoms with Crippen LogP contribution in [0.4, 0.5) is 5.82 Å². The average Bonchev–Trinajstić information content (AvgIpc) is 3.16. The number of hydrogen-bond acceptors (Lipinski definition) is 7. The molecule has 0 fully saturated rings. The predicted octanol–water partition coefficient (Wildman–Crippen LogP) is 3.55. The summed E-state index contributed by atoms with van der Waals surface area (Å²) in [5.41, 5.74) is 0.857. The Morgan fingerprint density at radius 1 is 1.33 bits per heavy atom. The van der Waals surface area contributed by atoms with Crippen LogP contribution in [0.3, 0.4) is 0 Å². The highest BCUT2D eigenvalue weighted by atomic mass is 127. The number of imidazole rings is 1. The van der Waals surface area contributed by atoms with Crippen LogP contribution in [-0.2, 0) is 6.54 Å². The van der Waals surface area contributed by atoms with E-state index in [9.17, 15) is 10.1 Å². The van der Waals surface area contributed by atoms with Crippen molar-refractivity contribution in [1.29, 1.82) is 0 Å². The van der Waals surface area contributed by atoms with E-state index in [4.69, 9.17) is 4.42 Å². The summed E-state index contributed by atoms with van der Waals surface area (Å²) in [6.45, 7) is 2.17. The van der Waals surface area contributed by atoms with E-state index in [1.807, 2.05) is 24.3 Å². The maximum atomic E-state index is 10.9. The molecule has 0 atom stereocenters. The van der Waals surface area contributed by atoms with Gasteiger partial charge in [-0.2, -0.15) is 0 Å². The number of hydrogen-bond donors (Lipinski definition) is 0. The summed E-state index contributed by atoms with van der Waals surface area (Å²) in [4.78, 5) is 14.5. The maximum absolute atomic E-state index is 10.9. The van der Waals surface area contributed by atoms with Gasteiger partial charge in [0.15, 0.2) is 5.82 Å². The lowest BCUT2D eigenvalue weighted by molar-refractivity contribution is -0.392. The molecular formula is C14H12IN5O3S. The topological polar surface area (TPSA) is 99.9 Å². The van der Waals surface area contributed by atoms with Gasteiger partial charge in [-0.3, -0.25) is 0 Å². The fourth-order valence-corrected chi connectivity index (χ4v) is 3.12. The predicted molar refractivity (Wildman–Crippen MR) is 96.8 cm³/mol. The van der Waals surface area contributed by atoms with Gasteiger partial charge in [0.2, 0.25) is 5.89 Å². The first-order valence-electron chi connectivity index (χ1n) is 6.93. The van der Waals surface area contributed by atoms with E-state index in [2.05, 4.69) is 37.8 Å². The summed E-state index contributed by atoms with van der Waals surface area (Å²) in [6.07, 6.45) is 1.27. The van der Waals surface area contributed by atoms with Gasteiger partial charge in [0.25, 0.3) is 5.22 Å². The van der Waals surface area contributed by atoms with Crippen LogP contribution in [0.2, 0.25) is 0 Å². The van der Waals surface area contributed by atoms with E-state index in [0.717, 1.165) is 9.13 Å². The van der Waals surface area contributed by atoms with Gasteiger partial charge < -0.3 is 14.5 Å². The van der Waals surface area contributed by atoms with Gasteiger partial charge in [-0.25, -0.2) is 9.55 Å². The van der Waals surface area contributed by atoms with E-state index in [1.54, 1.807) is 11.5 Å². The Morgan fingerprint density at radius 3 is 2.79 bits per heavy atom. The second-order valence-electron chi connectivity index (χ2n) is 4.80. The zero-order valence-corrected chi connectivity index (χ0v) is 15.5. The quantitative estimate of drug-likeness (QED) is 0.242. The molecule has 3 aromatic rings. The molecule has 10 heteroatoms. The Bertz CT molecular complexity index is 862. The van der Waals surface area contributed by atoms with E-state index < -0.39 is 4.92 Å². The summed E-state index contributed by atoms with van der Waals surface area (Å²) in [7, 11) is 0. The molecule has 124 valence electrons. The largest absolute Gasteiger partial charge is 0.411 e. The third kappa shape index (κ3) is 3.75. The van der Waals surface area contributed by atoms with Crippen LogP contribution in [0, 0.1) is 20.6 Å². The minimum atomic E-state index is -0.438. The highest BCUT2D eigenvalue weighted by Crippen LogP contribution is 2.24. The van der Waals surface area contributed by atoms with E-state index in [0.29, 0.717) is 29.2 Å². The molecule has 0 aliphatic carbocycles. The monoisotopic (exact) mass is 457 g/mol. The number of halogens is 1. The van der Waals surface area contributed by atoms with Crippen molar-refractivity contribution in [2.45, 2.75) is 18.7 Å². The van der Waals surface area contributed by atoms with Crippen molar-refractivity contribution in [3.8, 4) is 11.5 Å². The molecule has 0 N–H and O–H groups in total. The zero-order valence-electron chi connectivity index (χ0n) is 12.5. The molecule has 0 aliphatic rings. The fourth-order valence-electron chi connectivity index (χ4n) is 2.08. The molecule has 24 heavy (non-hydrogen) atoms. The van der Waals surface area contributed by atoms with Crippen LogP contribution in [0.5, 0.6) is 0 Å². The van der Waals surface area contributed by atoms with Crippen LogP contribution in [0.1, 0.15) is 5.82 Å². The fraction of sp³-hybridized carbons (Fsp3) is 0.214. The molecule has 3 rings (SSSR count). The summed E-state index contributed by atoms with van der Waals surface area (Å²) in [5, 5.41) is 19.4.